The zero-order valence-electron chi connectivity index (χ0n) is 18.4. The van der Waals surface area contributed by atoms with E-state index < -0.39 is 10.0 Å². The van der Waals surface area contributed by atoms with Gasteiger partial charge >= 0.3 is 0 Å². The minimum atomic E-state index is -3.75. The van der Waals surface area contributed by atoms with Crippen LogP contribution in [0.4, 0.5) is 11.4 Å². The van der Waals surface area contributed by atoms with Gasteiger partial charge in [0.05, 0.1) is 4.90 Å². The minimum Gasteiger partial charge on any atom is -0.349 e. The maximum Gasteiger partial charge on any atom is 0.262 e. The largest absolute Gasteiger partial charge is 0.349 e. The average Bonchev–Trinajstić information content (AvgIpc) is 3.59. The van der Waals surface area contributed by atoms with Crippen LogP contribution in [0.5, 0.6) is 0 Å². The molecule has 2 amide bonds. The lowest BCUT2D eigenvalue weighted by Crippen LogP contribution is -2.25. The number of carbonyl (C=O) groups excluding carboxylic acids is 2. The standard InChI is InChI=1S/C25H25N3O4S/c1-16-6-7-17(2)23(14-16)33(31,32)28-21-10-8-18(9-11-21)24(29)27-22-5-3-4-19(15-22)25(30)26-20-12-13-20/h3-11,14-15,20,28H,12-13H2,1-2H3,(H,26,30)(H,27,29). The Morgan fingerprint density at radius 3 is 2.24 bits per heavy atom. The predicted molar refractivity (Wildman–Crippen MR) is 128 cm³/mol. The number of anilines is 2. The van der Waals surface area contributed by atoms with E-state index in [4.69, 9.17) is 0 Å². The second-order valence-corrected chi connectivity index (χ2v) is 9.89. The van der Waals surface area contributed by atoms with Crippen LogP contribution in [0.2, 0.25) is 0 Å². The van der Waals surface area contributed by atoms with Crippen LogP contribution >= 0.6 is 0 Å². The van der Waals surface area contributed by atoms with Crippen LogP contribution in [0.3, 0.4) is 0 Å². The molecule has 3 aromatic rings. The number of amides is 2. The van der Waals surface area contributed by atoms with Gasteiger partial charge in [-0.2, -0.15) is 0 Å². The van der Waals surface area contributed by atoms with E-state index >= 15 is 0 Å². The van der Waals surface area contributed by atoms with Crippen molar-refractivity contribution in [2.75, 3.05) is 10.0 Å². The van der Waals surface area contributed by atoms with Gasteiger partial charge in [0.25, 0.3) is 21.8 Å². The first-order valence-corrected chi connectivity index (χ1v) is 12.1. The van der Waals surface area contributed by atoms with E-state index in [0.717, 1.165) is 18.4 Å². The molecule has 0 heterocycles. The van der Waals surface area contributed by atoms with Crippen molar-refractivity contribution in [2.24, 2.45) is 0 Å². The molecule has 3 N–H and O–H groups in total. The number of nitrogens with one attached hydrogen (secondary N) is 3. The van der Waals surface area contributed by atoms with E-state index in [-0.39, 0.29) is 22.8 Å². The summed E-state index contributed by atoms with van der Waals surface area (Å²) in [7, 11) is -3.75. The van der Waals surface area contributed by atoms with Gasteiger partial charge in [-0.3, -0.25) is 14.3 Å². The molecule has 0 spiro atoms. The summed E-state index contributed by atoms with van der Waals surface area (Å²) in [5.41, 5.74) is 3.20. The van der Waals surface area contributed by atoms with Crippen LogP contribution in [0.1, 0.15) is 44.7 Å². The summed E-state index contributed by atoms with van der Waals surface area (Å²) in [6.45, 7) is 3.58. The maximum atomic E-state index is 12.8. The summed E-state index contributed by atoms with van der Waals surface area (Å²) in [4.78, 5) is 25.1. The number of hydrogen-bond donors (Lipinski definition) is 3. The van der Waals surface area contributed by atoms with Crippen molar-refractivity contribution >= 4 is 33.2 Å². The number of carbonyl (C=O) groups is 2. The van der Waals surface area contributed by atoms with Gasteiger partial charge < -0.3 is 10.6 Å². The Morgan fingerprint density at radius 2 is 1.55 bits per heavy atom. The van der Waals surface area contributed by atoms with Crippen LogP contribution < -0.4 is 15.4 Å². The van der Waals surface area contributed by atoms with E-state index in [1.165, 1.54) is 12.1 Å². The highest BCUT2D eigenvalue weighted by atomic mass is 32.2. The lowest BCUT2D eigenvalue weighted by molar-refractivity contribution is 0.0949. The molecule has 170 valence electrons. The fraction of sp³-hybridized carbons (Fsp3) is 0.200. The van der Waals surface area contributed by atoms with Gasteiger partial charge in [-0.15, -0.1) is 0 Å². The third-order valence-corrected chi connectivity index (χ3v) is 6.85. The van der Waals surface area contributed by atoms with Gasteiger partial charge in [0.15, 0.2) is 0 Å². The Balaban J connectivity index is 1.43. The molecule has 8 heteroatoms. The highest BCUT2D eigenvalue weighted by molar-refractivity contribution is 7.92. The van der Waals surface area contributed by atoms with Crippen molar-refractivity contribution in [1.29, 1.82) is 0 Å². The van der Waals surface area contributed by atoms with Crippen LogP contribution in [0, 0.1) is 13.8 Å². The van der Waals surface area contributed by atoms with Crippen molar-refractivity contribution < 1.29 is 18.0 Å². The smallest absolute Gasteiger partial charge is 0.262 e. The van der Waals surface area contributed by atoms with Crippen molar-refractivity contribution in [3.05, 3.63) is 89.0 Å². The van der Waals surface area contributed by atoms with Gasteiger partial charge in [-0.1, -0.05) is 18.2 Å². The second kappa shape index (κ2) is 9.07. The lowest BCUT2D eigenvalue weighted by Gasteiger charge is -2.12. The molecule has 0 saturated heterocycles. The first kappa shape index (κ1) is 22.5. The number of aryl methyl sites for hydroxylation is 2. The maximum absolute atomic E-state index is 12.8. The summed E-state index contributed by atoms with van der Waals surface area (Å²) < 4.78 is 28.1. The molecule has 1 aliphatic carbocycles. The van der Waals surface area contributed by atoms with Crippen molar-refractivity contribution in [3.63, 3.8) is 0 Å². The van der Waals surface area contributed by atoms with Gasteiger partial charge in [-0.25, -0.2) is 8.42 Å². The average molecular weight is 464 g/mol. The zero-order valence-corrected chi connectivity index (χ0v) is 19.2. The predicted octanol–water partition coefficient (Wildman–Crippen LogP) is 4.25. The molecule has 0 atom stereocenters. The Hall–Kier alpha value is -3.65. The van der Waals surface area contributed by atoms with Crippen LogP contribution in [0.15, 0.2) is 71.6 Å². The zero-order chi connectivity index (χ0) is 23.6. The van der Waals surface area contributed by atoms with Crippen molar-refractivity contribution in [1.82, 2.24) is 5.32 Å². The van der Waals surface area contributed by atoms with Crippen LogP contribution in [-0.4, -0.2) is 26.3 Å². The molecule has 0 bridgehead atoms. The lowest BCUT2D eigenvalue weighted by atomic mass is 10.1. The molecule has 0 unspecified atom stereocenters. The molecule has 33 heavy (non-hydrogen) atoms. The highest BCUT2D eigenvalue weighted by Gasteiger charge is 2.24. The second-order valence-electron chi connectivity index (χ2n) is 8.23. The van der Waals surface area contributed by atoms with Gasteiger partial charge in [0.2, 0.25) is 0 Å². The van der Waals surface area contributed by atoms with Crippen molar-refractivity contribution in [2.45, 2.75) is 37.6 Å². The Labute approximate surface area is 193 Å². The molecular weight excluding hydrogens is 438 g/mol. The molecule has 0 radical (unpaired) electrons. The summed E-state index contributed by atoms with van der Waals surface area (Å²) in [6.07, 6.45) is 2.00. The van der Waals surface area contributed by atoms with Crippen LogP contribution in [0.25, 0.3) is 0 Å². The van der Waals surface area contributed by atoms with E-state index in [9.17, 15) is 18.0 Å². The summed E-state index contributed by atoms with van der Waals surface area (Å²) in [5.74, 6) is -0.521. The molecule has 7 nitrogen and oxygen atoms in total. The van der Waals surface area contributed by atoms with Crippen LogP contribution in [-0.2, 0) is 10.0 Å². The monoisotopic (exact) mass is 463 g/mol. The molecule has 4 rings (SSSR count). The fourth-order valence-electron chi connectivity index (χ4n) is 3.33. The molecular formula is C25H25N3O4S. The van der Waals surface area contributed by atoms with E-state index in [2.05, 4.69) is 15.4 Å². The SMILES string of the molecule is Cc1ccc(C)c(S(=O)(=O)Nc2ccc(C(=O)Nc3cccc(C(=O)NC4CC4)c3)cc2)c1. The Kier molecular flexibility index (Phi) is 6.20. The Morgan fingerprint density at radius 1 is 0.818 bits per heavy atom. The quantitative estimate of drug-likeness (QED) is 0.487. The highest BCUT2D eigenvalue weighted by Crippen LogP contribution is 2.22. The molecule has 1 saturated carbocycles. The molecule has 1 fully saturated rings. The topological polar surface area (TPSA) is 104 Å². The minimum absolute atomic E-state index is 0.158. The fourth-order valence-corrected chi connectivity index (χ4v) is 4.72. The number of benzene rings is 3. The number of rotatable bonds is 7. The van der Waals surface area contributed by atoms with Gasteiger partial charge in [0, 0.05) is 28.5 Å². The normalized spacial score (nSPS) is 13.3. The molecule has 1 aliphatic rings. The van der Waals surface area contributed by atoms with E-state index in [1.54, 1.807) is 55.5 Å². The summed E-state index contributed by atoms with van der Waals surface area (Å²) in [5, 5.41) is 5.69. The first-order chi connectivity index (χ1) is 15.7. The van der Waals surface area contributed by atoms with Gasteiger partial charge in [-0.05, 0) is 86.3 Å². The van der Waals surface area contributed by atoms with Crippen molar-refractivity contribution in [3.8, 4) is 0 Å². The first-order valence-electron chi connectivity index (χ1n) is 10.6. The summed E-state index contributed by atoms with van der Waals surface area (Å²) >= 11 is 0. The van der Waals surface area contributed by atoms with E-state index in [1.807, 2.05) is 13.0 Å². The van der Waals surface area contributed by atoms with Gasteiger partial charge in [0.1, 0.15) is 0 Å². The number of hydrogen-bond acceptors (Lipinski definition) is 4. The Bertz CT molecular complexity index is 1310. The third kappa shape index (κ3) is 5.59. The van der Waals surface area contributed by atoms with E-state index in [0.29, 0.717) is 28.1 Å². The summed E-state index contributed by atoms with van der Waals surface area (Å²) in [6, 6.07) is 18.4. The molecule has 0 aromatic heterocycles. The third-order valence-electron chi connectivity index (χ3n) is 5.33. The molecule has 3 aromatic carbocycles. The molecule has 0 aliphatic heterocycles. The number of sulfonamides is 1.